The third kappa shape index (κ3) is 3.39. The second-order valence-electron chi connectivity index (χ2n) is 6.51. The summed E-state index contributed by atoms with van der Waals surface area (Å²) in [5.74, 6) is 0. The van der Waals surface area contributed by atoms with Crippen LogP contribution in [0.1, 0.15) is 46.1 Å². The minimum absolute atomic E-state index is 0.0792. The minimum Gasteiger partial charge on any atom is -0.398 e. The Morgan fingerprint density at radius 2 is 2.22 bits per heavy atom. The Kier molecular flexibility index (Phi) is 4.57. The van der Waals surface area contributed by atoms with Gasteiger partial charge >= 0.3 is 0 Å². The van der Waals surface area contributed by atoms with Gasteiger partial charge in [0.05, 0.1) is 33.4 Å². The molecule has 0 aliphatic heterocycles. The van der Waals surface area contributed by atoms with E-state index in [2.05, 4.69) is 21.4 Å². The van der Waals surface area contributed by atoms with E-state index in [0.29, 0.717) is 22.5 Å². The first-order valence-corrected chi connectivity index (χ1v) is 9.56. The van der Waals surface area contributed by atoms with Crippen molar-refractivity contribution in [1.82, 2.24) is 9.97 Å². The lowest BCUT2D eigenvalue weighted by molar-refractivity contribution is 0.583. The number of nitrogens with two attached hydrogens (primary N) is 1. The number of hydrogen-bond acceptors (Lipinski definition) is 7. The van der Waals surface area contributed by atoms with Crippen molar-refractivity contribution < 1.29 is 0 Å². The normalized spacial score (nSPS) is 15.6. The van der Waals surface area contributed by atoms with E-state index >= 15 is 0 Å². The summed E-state index contributed by atoms with van der Waals surface area (Å²) in [7, 11) is 0. The Balaban J connectivity index is 1.62. The van der Waals surface area contributed by atoms with Crippen LogP contribution < -0.4 is 11.1 Å². The van der Waals surface area contributed by atoms with Crippen LogP contribution in [0.3, 0.4) is 0 Å². The maximum atomic E-state index is 9.09. The first-order chi connectivity index (χ1) is 13.2. The number of nitrogens with one attached hydrogen (secondary N) is 2. The molecule has 1 aliphatic rings. The molecule has 7 heteroatoms. The summed E-state index contributed by atoms with van der Waals surface area (Å²) in [6.07, 6.45) is 6.27. The fourth-order valence-electron chi connectivity index (χ4n) is 3.41. The number of nitriles is 1. The molecule has 4 N–H and O–H groups in total. The van der Waals surface area contributed by atoms with Crippen LogP contribution >= 0.6 is 11.3 Å². The molecule has 4 rings (SSSR count). The Morgan fingerprint density at radius 3 is 3.00 bits per heavy atom. The number of nitrogens with zero attached hydrogens (tertiary/aromatic N) is 3. The number of benzene rings is 1. The summed E-state index contributed by atoms with van der Waals surface area (Å²) in [6.45, 7) is 0. The molecule has 2 aromatic heterocycles. The van der Waals surface area contributed by atoms with E-state index in [9.17, 15) is 0 Å². The standard InChI is InChI=1S/C20H18N6S/c21-8-12-6-13-2-1-3-17(20(13)25-9-12)26-14-4-5-16(22)15(7-14)19(23)18-10-24-11-27-18/h4-7,9-11,17,23,26H,1-3,22H2/t17-/m1/s1. The van der Waals surface area contributed by atoms with Gasteiger partial charge in [-0.25, -0.2) is 0 Å². The molecule has 134 valence electrons. The number of nitrogen functional groups attached to an aromatic ring is 1. The lowest BCUT2D eigenvalue weighted by atomic mass is 9.91. The molecule has 27 heavy (non-hydrogen) atoms. The zero-order valence-corrected chi connectivity index (χ0v) is 15.4. The van der Waals surface area contributed by atoms with Crippen molar-refractivity contribution in [3.63, 3.8) is 0 Å². The van der Waals surface area contributed by atoms with Gasteiger partial charge < -0.3 is 11.1 Å². The highest BCUT2D eigenvalue weighted by Crippen LogP contribution is 2.32. The molecule has 0 bridgehead atoms. The summed E-state index contributed by atoms with van der Waals surface area (Å²) in [5.41, 5.74) is 13.1. The number of hydrogen-bond donors (Lipinski definition) is 3. The number of thiazole rings is 1. The van der Waals surface area contributed by atoms with E-state index in [0.717, 1.165) is 41.1 Å². The number of anilines is 2. The molecule has 0 saturated heterocycles. The Hall–Kier alpha value is -3.24. The van der Waals surface area contributed by atoms with Crippen molar-refractivity contribution in [2.45, 2.75) is 25.3 Å². The Morgan fingerprint density at radius 1 is 1.33 bits per heavy atom. The number of fused-ring (bicyclic) bond motifs is 1. The molecule has 0 unspecified atom stereocenters. The molecule has 2 heterocycles. The van der Waals surface area contributed by atoms with E-state index in [1.54, 1.807) is 17.9 Å². The van der Waals surface area contributed by atoms with Gasteiger partial charge in [0.1, 0.15) is 6.07 Å². The summed E-state index contributed by atoms with van der Waals surface area (Å²) in [4.78, 5) is 9.35. The van der Waals surface area contributed by atoms with Crippen LogP contribution in [-0.4, -0.2) is 15.7 Å². The number of rotatable bonds is 4. The summed E-state index contributed by atoms with van der Waals surface area (Å²) in [6, 6.07) is 9.83. The second kappa shape index (κ2) is 7.17. The zero-order chi connectivity index (χ0) is 18.8. The maximum absolute atomic E-state index is 9.09. The molecule has 0 spiro atoms. The van der Waals surface area contributed by atoms with Crippen LogP contribution in [0, 0.1) is 16.7 Å². The van der Waals surface area contributed by atoms with Crippen LogP contribution in [0.15, 0.2) is 42.2 Å². The molecule has 1 aliphatic carbocycles. The van der Waals surface area contributed by atoms with Gasteiger partial charge in [0.25, 0.3) is 0 Å². The smallest absolute Gasteiger partial charge is 0.101 e. The molecule has 0 saturated carbocycles. The van der Waals surface area contributed by atoms with Crippen molar-refractivity contribution in [2.75, 3.05) is 11.1 Å². The SMILES string of the molecule is N#Cc1cnc2c(c1)CCC[C@H]2Nc1ccc(N)c(C(=N)c2cncs2)c1. The van der Waals surface area contributed by atoms with E-state index in [4.69, 9.17) is 16.4 Å². The van der Waals surface area contributed by atoms with Gasteiger partial charge in [0.15, 0.2) is 0 Å². The van der Waals surface area contributed by atoms with Gasteiger partial charge in [-0.2, -0.15) is 5.26 Å². The van der Waals surface area contributed by atoms with Gasteiger partial charge in [0.2, 0.25) is 0 Å². The molecule has 6 nitrogen and oxygen atoms in total. The largest absolute Gasteiger partial charge is 0.398 e. The highest BCUT2D eigenvalue weighted by molar-refractivity contribution is 7.12. The monoisotopic (exact) mass is 374 g/mol. The molecule has 3 aromatic rings. The first-order valence-electron chi connectivity index (χ1n) is 8.68. The van der Waals surface area contributed by atoms with Gasteiger partial charge in [-0.1, -0.05) is 0 Å². The third-order valence-corrected chi connectivity index (χ3v) is 5.53. The van der Waals surface area contributed by atoms with Crippen molar-refractivity contribution in [3.8, 4) is 6.07 Å². The summed E-state index contributed by atoms with van der Waals surface area (Å²) < 4.78 is 0. The molecule has 0 radical (unpaired) electrons. The second-order valence-corrected chi connectivity index (χ2v) is 7.40. The van der Waals surface area contributed by atoms with E-state index < -0.39 is 0 Å². The Bertz CT molecular complexity index is 1040. The average molecular weight is 374 g/mol. The minimum atomic E-state index is 0.0792. The summed E-state index contributed by atoms with van der Waals surface area (Å²) >= 11 is 1.42. The lowest BCUT2D eigenvalue weighted by Crippen LogP contribution is -2.19. The fraction of sp³-hybridized carbons (Fsp3) is 0.200. The van der Waals surface area contributed by atoms with E-state index in [1.807, 2.05) is 24.3 Å². The van der Waals surface area contributed by atoms with Crippen molar-refractivity contribution in [1.29, 1.82) is 10.7 Å². The molecular weight excluding hydrogens is 356 g/mol. The number of pyridine rings is 1. The van der Waals surface area contributed by atoms with Gasteiger partial charge in [-0.3, -0.25) is 15.4 Å². The average Bonchev–Trinajstić information content (AvgIpc) is 3.23. The predicted octanol–water partition coefficient (Wildman–Crippen LogP) is 3.90. The lowest BCUT2D eigenvalue weighted by Gasteiger charge is -2.26. The van der Waals surface area contributed by atoms with Crippen LogP contribution in [0.5, 0.6) is 0 Å². The van der Waals surface area contributed by atoms with E-state index in [1.165, 1.54) is 11.3 Å². The highest BCUT2D eigenvalue weighted by atomic mass is 32.1. The van der Waals surface area contributed by atoms with Crippen molar-refractivity contribution in [2.24, 2.45) is 0 Å². The van der Waals surface area contributed by atoms with Crippen LogP contribution in [-0.2, 0) is 6.42 Å². The van der Waals surface area contributed by atoms with E-state index in [-0.39, 0.29) is 6.04 Å². The van der Waals surface area contributed by atoms with Crippen LogP contribution in [0.4, 0.5) is 11.4 Å². The van der Waals surface area contributed by atoms with Gasteiger partial charge in [-0.15, -0.1) is 11.3 Å². The molecular formula is C20H18N6S. The van der Waals surface area contributed by atoms with Gasteiger partial charge in [-0.05, 0) is 49.1 Å². The van der Waals surface area contributed by atoms with Crippen molar-refractivity contribution >= 4 is 28.4 Å². The molecule has 0 fully saturated rings. The van der Waals surface area contributed by atoms with Crippen molar-refractivity contribution in [3.05, 3.63) is 69.4 Å². The fourth-order valence-corrected chi connectivity index (χ4v) is 3.99. The van der Waals surface area contributed by atoms with Gasteiger partial charge in [0, 0.05) is 29.3 Å². The summed E-state index contributed by atoms with van der Waals surface area (Å²) in [5, 5.41) is 21.0. The number of aromatic nitrogens is 2. The zero-order valence-electron chi connectivity index (χ0n) is 14.6. The van der Waals surface area contributed by atoms with Crippen LogP contribution in [0.25, 0.3) is 0 Å². The quantitative estimate of drug-likeness (QED) is 0.474. The third-order valence-electron chi connectivity index (χ3n) is 4.74. The number of aryl methyl sites for hydroxylation is 1. The molecule has 1 atom stereocenters. The highest BCUT2D eigenvalue weighted by Gasteiger charge is 2.22. The predicted molar refractivity (Wildman–Crippen MR) is 107 cm³/mol. The van der Waals surface area contributed by atoms with Crippen LogP contribution in [0.2, 0.25) is 0 Å². The topological polar surface area (TPSA) is 111 Å². The molecule has 1 aromatic carbocycles. The first kappa shape index (κ1) is 17.2. The molecule has 0 amide bonds. The Labute approximate surface area is 161 Å². The maximum Gasteiger partial charge on any atom is 0.101 e.